The first-order valence-electron chi connectivity index (χ1n) is 27.7. The molecule has 0 heterocycles. The van der Waals surface area contributed by atoms with Crippen molar-refractivity contribution in [1.82, 2.24) is 53.2 Å². The predicted molar refractivity (Wildman–Crippen MR) is 312 cm³/mol. The molecular formula is C53H89N15O15S. The van der Waals surface area contributed by atoms with Crippen LogP contribution in [0.2, 0.25) is 0 Å². The van der Waals surface area contributed by atoms with E-state index in [1.165, 1.54) is 0 Å². The van der Waals surface area contributed by atoms with E-state index >= 15 is 0 Å². The van der Waals surface area contributed by atoms with Gasteiger partial charge in [-0.05, 0) is 74.8 Å². The number of aliphatic carboxylic acids is 2. The van der Waals surface area contributed by atoms with Crippen molar-refractivity contribution in [3.63, 3.8) is 0 Å². The fourth-order valence-corrected chi connectivity index (χ4v) is 8.20. The summed E-state index contributed by atoms with van der Waals surface area (Å²) in [6.07, 6.45) is -0.112. The van der Waals surface area contributed by atoms with E-state index in [4.69, 9.17) is 28.0 Å². The van der Waals surface area contributed by atoms with Crippen molar-refractivity contribution in [1.29, 1.82) is 0 Å². The number of guanidine groups is 1. The molecule has 0 radical (unpaired) electrons. The number of carboxylic acid groups (broad SMARTS) is 2. The van der Waals surface area contributed by atoms with Gasteiger partial charge in [0.25, 0.3) is 0 Å². The number of hydrogen-bond donors (Lipinski definition) is 18. The Morgan fingerprint density at radius 2 is 1.04 bits per heavy atom. The summed E-state index contributed by atoms with van der Waals surface area (Å²) in [5.74, 6) is -13.3. The fourth-order valence-electron chi connectivity index (χ4n) is 8.03. The standard InChI is InChI=1S/C53H89N15O15S/c1-7-30(6)43(51(81)60-25-41(71)62-39(26-69)52(82)83)68-47(77)34(17-13-19-58-53(56)57)64-50(80)38(23-42(72)73)67-49(79)36(21-29(4)5)66-46(76)33(16-11-12-18-54)63-48(78)35(20-28(2)3)61-40(70)24-59-45(75)37(65-44(74)32(55)27-84)22-31-14-9-8-10-15-31/h8-10,14-15,28-30,32-39,43,69,84H,7,11-13,16-27,54-55H2,1-6H3,(H,59,75)(H,60,81)(H,61,70)(H,62,71)(H,63,78)(H,64,80)(H,65,74)(H,66,76)(H,67,79)(H,68,77)(H,72,73)(H,82,83)(H4,56,57,58)/t30-,32-,33-,34-,35-,36-,37-,38-,39-,43-/m0/s1. The van der Waals surface area contributed by atoms with Crippen LogP contribution in [0.3, 0.4) is 0 Å². The highest BCUT2D eigenvalue weighted by Crippen LogP contribution is 2.13. The normalized spacial score (nSPS) is 14.6. The lowest BCUT2D eigenvalue weighted by atomic mass is 9.97. The highest BCUT2D eigenvalue weighted by molar-refractivity contribution is 7.80. The van der Waals surface area contributed by atoms with Crippen molar-refractivity contribution >= 4 is 89.6 Å². The van der Waals surface area contributed by atoms with Gasteiger partial charge in [0.1, 0.15) is 48.3 Å². The minimum absolute atomic E-state index is 0.0000139. The third-order valence-corrected chi connectivity index (χ3v) is 13.2. The van der Waals surface area contributed by atoms with Crippen molar-refractivity contribution in [2.45, 2.75) is 160 Å². The summed E-state index contributed by atoms with van der Waals surface area (Å²) < 4.78 is 0. The van der Waals surface area contributed by atoms with Crippen molar-refractivity contribution in [2.75, 3.05) is 38.5 Å². The molecule has 0 aliphatic rings. The number of aliphatic hydroxyl groups excluding tert-OH is 1. The van der Waals surface area contributed by atoms with E-state index in [1.54, 1.807) is 71.9 Å². The highest BCUT2D eigenvalue weighted by atomic mass is 32.1. The number of carbonyl (C=O) groups is 12. The summed E-state index contributed by atoms with van der Waals surface area (Å²) in [5, 5.41) is 53.0. The Bertz CT molecular complexity index is 2380. The minimum Gasteiger partial charge on any atom is -0.481 e. The quantitative estimate of drug-likeness (QED) is 0.0127. The Hall–Kier alpha value is -7.64. The molecule has 0 saturated carbocycles. The summed E-state index contributed by atoms with van der Waals surface area (Å²) in [6.45, 7) is 8.17. The molecule has 84 heavy (non-hydrogen) atoms. The third kappa shape index (κ3) is 29.6. The topological polar surface area (TPSA) is 502 Å². The number of nitrogens with one attached hydrogen (secondary N) is 10. The zero-order valence-electron chi connectivity index (χ0n) is 48.6. The molecule has 0 spiro atoms. The van der Waals surface area contributed by atoms with Crippen LogP contribution < -0.4 is 76.1 Å². The van der Waals surface area contributed by atoms with E-state index in [0.717, 1.165) is 0 Å². The lowest BCUT2D eigenvalue weighted by molar-refractivity contribution is -0.143. The number of thiol groups is 1. The maximum atomic E-state index is 14.3. The lowest BCUT2D eigenvalue weighted by Gasteiger charge is -2.29. The Balaban J connectivity index is 3.46. The number of rotatable bonds is 41. The van der Waals surface area contributed by atoms with E-state index in [9.17, 15) is 67.7 Å². The van der Waals surface area contributed by atoms with Crippen LogP contribution in [0.15, 0.2) is 35.3 Å². The van der Waals surface area contributed by atoms with Crippen LogP contribution in [0.4, 0.5) is 0 Å². The van der Waals surface area contributed by atoms with E-state index in [0.29, 0.717) is 24.8 Å². The minimum atomic E-state index is -1.88. The molecule has 1 aromatic carbocycles. The Kier molecular flexibility index (Phi) is 35.2. The molecule has 31 heteroatoms. The summed E-state index contributed by atoms with van der Waals surface area (Å²) >= 11 is 4.05. The first kappa shape index (κ1) is 74.4. The van der Waals surface area contributed by atoms with Gasteiger partial charge in [0.15, 0.2) is 5.96 Å². The second-order valence-electron chi connectivity index (χ2n) is 20.9. The molecular weight excluding hydrogens is 1120 g/mol. The average Bonchev–Trinajstić information content (AvgIpc) is 3.59. The number of hydrogen-bond acceptors (Lipinski definition) is 17. The number of nitrogens with two attached hydrogens (primary N) is 4. The van der Waals surface area contributed by atoms with Crippen LogP contribution >= 0.6 is 12.6 Å². The van der Waals surface area contributed by atoms with Crippen LogP contribution in [-0.2, 0) is 64.0 Å². The number of aliphatic imine (C=N–C) groups is 1. The molecule has 0 unspecified atom stereocenters. The molecule has 472 valence electrons. The molecule has 10 amide bonds. The number of carboxylic acids is 2. The second-order valence-corrected chi connectivity index (χ2v) is 21.3. The predicted octanol–water partition coefficient (Wildman–Crippen LogP) is -4.53. The zero-order chi connectivity index (χ0) is 63.6. The zero-order valence-corrected chi connectivity index (χ0v) is 49.5. The SMILES string of the molecule is CC[C@H](C)[C@H](NC(=O)[C@H](CCCN=C(N)N)NC(=O)[C@H](CC(=O)O)NC(=O)[C@H](CC(C)C)NC(=O)[C@H](CCCCN)NC(=O)[C@H](CC(C)C)NC(=O)CNC(=O)[C@H](Cc1ccccc1)NC(=O)[C@@H](N)CS)C(=O)NCC(=O)N[C@@H](CO)C(=O)O. The first-order valence-corrected chi connectivity index (χ1v) is 28.4. The Morgan fingerprint density at radius 1 is 0.571 bits per heavy atom. The highest BCUT2D eigenvalue weighted by Gasteiger charge is 2.36. The van der Waals surface area contributed by atoms with E-state index in [2.05, 4.69) is 65.5 Å². The second kappa shape index (κ2) is 39.8. The van der Waals surface area contributed by atoms with Gasteiger partial charge >= 0.3 is 11.9 Å². The van der Waals surface area contributed by atoms with Gasteiger partial charge in [-0.3, -0.25) is 57.7 Å². The van der Waals surface area contributed by atoms with E-state index in [1.807, 2.05) is 5.32 Å². The largest absolute Gasteiger partial charge is 0.481 e. The number of amides is 10. The maximum Gasteiger partial charge on any atom is 0.328 e. The number of benzene rings is 1. The van der Waals surface area contributed by atoms with Gasteiger partial charge in [0, 0.05) is 18.7 Å². The summed E-state index contributed by atoms with van der Waals surface area (Å²) in [6, 6.07) is -3.86. The van der Waals surface area contributed by atoms with Crippen LogP contribution in [0.5, 0.6) is 0 Å². The summed E-state index contributed by atoms with van der Waals surface area (Å²) in [4.78, 5) is 163. The molecule has 0 bridgehead atoms. The molecule has 0 aliphatic carbocycles. The van der Waals surface area contributed by atoms with Crippen molar-refractivity contribution in [3.8, 4) is 0 Å². The first-order chi connectivity index (χ1) is 39.6. The van der Waals surface area contributed by atoms with Gasteiger partial charge < -0.3 is 91.4 Å². The number of unbranched alkanes of at least 4 members (excludes halogenated alkanes) is 1. The van der Waals surface area contributed by atoms with E-state index < -0.39 is 157 Å². The van der Waals surface area contributed by atoms with Gasteiger partial charge in [0.05, 0.1) is 32.2 Å². The summed E-state index contributed by atoms with van der Waals surface area (Å²) in [5.41, 5.74) is 23.2. The average molecular weight is 1210 g/mol. The smallest absolute Gasteiger partial charge is 0.328 e. The van der Waals surface area contributed by atoms with Crippen LogP contribution in [0.25, 0.3) is 0 Å². The molecule has 21 N–H and O–H groups in total. The van der Waals surface area contributed by atoms with E-state index in [-0.39, 0.29) is 75.2 Å². The van der Waals surface area contributed by atoms with Crippen molar-refractivity contribution in [2.24, 2.45) is 45.7 Å². The monoisotopic (exact) mass is 1210 g/mol. The molecule has 0 aliphatic heterocycles. The molecule has 0 fully saturated rings. The molecule has 0 aromatic heterocycles. The molecule has 30 nitrogen and oxygen atoms in total. The number of aliphatic hydroxyl groups is 1. The third-order valence-electron chi connectivity index (χ3n) is 12.8. The molecule has 0 saturated heterocycles. The fraction of sp³-hybridized carbons (Fsp3) is 0.642. The maximum absolute atomic E-state index is 14.3. The van der Waals surface area contributed by atoms with Gasteiger partial charge in [0.2, 0.25) is 59.1 Å². The Morgan fingerprint density at radius 3 is 1.52 bits per heavy atom. The van der Waals surface area contributed by atoms with Gasteiger partial charge in [-0.2, -0.15) is 12.6 Å². The molecule has 1 aromatic rings. The van der Waals surface area contributed by atoms with Gasteiger partial charge in [-0.25, -0.2) is 4.79 Å². The molecule has 1 rings (SSSR count). The van der Waals surface area contributed by atoms with Crippen molar-refractivity contribution < 1.29 is 72.9 Å². The van der Waals surface area contributed by atoms with Crippen LogP contribution in [0.1, 0.15) is 105 Å². The molecule has 10 atom stereocenters. The van der Waals surface area contributed by atoms with Gasteiger partial charge in [-0.15, -0.1) is 0 Å². The Labute approximate surface area is 494 Å². The van der Waals surface area contributed by atoms with Crippen LogP contribution in [0, 0.1) is 17.8 Å². The lowest BCUT2D eigenvalue weighted by Crippen LogP contribution is -2.60. The van der Waals surface area contributed by atoms with Crippen molar-refractivity contribution in [3.05, 3.63) is 35.9 Å². The number of nitrogens with zero attached hydrogens (tertiary/aromatic N) is 1. The van der Waals surface area contributed by atoms with Gasteiger partial charge in [-0.1, -0.05) is 78.3 Å². The summed E-state index contributed by atoms with van der Waals surface area (Å²) in [7, 11) is 0. The van der Waals surface area contributed by atoms with Crippen LogP contribution in [-0.4, -0.2) is 185 Å². The number of carbonyl (C=O) groups excluding carboxylic acids is 10.